The molecule has 0 unspecified atom stereocenters. The van der Waals surface area contributed by atoms with E-state index in [2.05, 4.69) is 47.1 Å². The molecule has 3 N–H and O–H groups in total. The molecular formula is C52H69N5O6. The Morgan fingerprint density at radius 3 is 1.40 bits per heavy atom. The number of carbonyl (C=O) groups is 5. The number of hydrogen-bond acceptors (Lipinski definition) is 6. The zero-order chi connectivity index (χ0) is 44.1. The molecule has 3 aromatic rings. The van der Waals surface area contributed by atoms with Crippen molar-refractivity contribution in [2.24, 2.45) is 11.8 Å². The van der Waals surface area contributed by atoms with Crippen LogP contribution in [0.5, 0.6) is 0 Å². The lowest BCUT2D eigenvalue weighted by molar-refractivity contribution is -0.133. The van der Waals surface area contributed by atoms with Gasteiger partial charge in [-0.15, -0.1) is 0 Å². The molecule has 63 heavy (non-hydrogen) atoms. The standard InChI is InChI=1S/C52H69N5O6/c1-3-4-5-6-7-8-9-10-11-12-13-20-25-48(58)53-46-34-57(35-47(46)63-2)52(62)39-28-26-38(27-29-39)51(61)56-32-42(49(59)54-44-30-40(44)36-21-16-14-17-22-36)43(33-56)50(60)55-45-31-41(45)37-23-18-15-19-24-37/h14-19,21-24,26-29,40-47H,3-13,20,25,30-35H2,1-2H3,(H,53,58)(H,54,59)(H,55,60)/t40-,41-,42-,43-,44+,45+,46+,47+/m1/s1. The Kier molecular flexibility index (Phi) is 16.5. The van der Waals surface area contributed by atoms with E-state index in [9.17, 15) is 24.0 Å². The molecule has 11 heteroatoms. The molecule has 2 saturated carbocycles. The number of nitrogens with zero attached hydrogens (tertiary/aromatic N) is 2. The van der Waals surface area contributed by atoms with Crippen LogP contribution >= 0.6 is 0 Å². The van der Waals surface area contributed by atoms with Gasteiger partial charge < -0.3 is 30.5 Å². The fraction of sp³-hybridized carbons (Fsp3) is 0.558. The maximum atomic E-state index is 14.0. The zero-order valence-corrected chi connectivity index (χ0v) is 37.5. The first-order valence-electron chi connectivity index (χ1n) is 24.0. The Morgan fingerprint density at radius 2 is 0.952 bits per heavy atom. The van der Waals surface area contributed by atoms with E-state index in [0.29, 0.717) is 30.6 Å². The number of hydrogen-bond donors (Lipinski definition) is 3. The van der Waals surface area contributed by atoms with Crippen molar-refractivity contribution >= 4 is 29.5 Å². The van der Waals surface area contributed by atoms with Crippen molar-refractivity contribution in [2.45, 2.75) is 139 Å². The summed E-state index contributed by atoms with van der Waals surface area (Å²) in [6, 6.07) is 26.5. The number of carbonyl (C=O) groups excluding carboxylic acids is 5. The largest absolute Gasteiger partial charge is 0.377 e. The third-order valence-corrected chi connectivity index (χ3v) is 13.8. The predicted octanol–water partition coefficient (Wildman–Crippen LogP) is 7.77. The van der Waals surface area contributed by atoms with Gasteiger partial charge in [-0.1, -0.05) is 138 Å². The Labute approximate surface area is 374 Å². The molecule has 3 aromatic carbocycles. The minimum Gasteiger partial charge on any atom is -0.377 e. The van der Waals surface area contributed by atoms with Crippen LogP contribution in [0.25, 0.3) is 0 Å². The van der Waals surface area contributed by atoms with E-state index in [-0.39, 0.29) is 78.7 Å². The second-order valence-electron chi connectivity index (χ2n) is 18.5. The fourth-order valence-electron chi connectivity index (χ4n) is 9.77. The maximum Gasteiger partial charge on any atom is 0.254 e. The number of methoxy groups -OCH3 is 1. The summed E-state index contributed by atoms with van der Waals surface area (Å²) in [6.07, 6.45) is 16.7. The lowest BCUT2D eigenvalue weighted by Crippen LogP contribution is -2.43. The van der Waals surface area contributed by atoms with Gasteiger partial charge in [0.1, 0.15) is 0 Å². The second-order valence-corrected chi connectivity index (χ2v) is 18.5. The number of unbranched alkanes of at least 4 members (excludes halogenated alkanes) is 11. The van der Waals surface area contributed by atoms with Crippen LogP contribution in [0.4, 0.5) is 0 Å². The molecule has 0 aromatic heterocycles. The minimum atomic E-state index is -0.692. The van der Waals surface area contributed by atoms with Gasteiger partial charge in [0.05, 0.1) is 24.0 Å². The Hall–Kier alpha value is -5.03. The molecular weight excluding hydrogens is 791 g/mol. The predicted molar refractivity (Wildman–Crippen MR) is 245 cm³/mol. The fourth-order valence-corrected chi connectivity index (χ4v) is 9.77. The molecule has 338 valence electrons. The minimum absolute atomic E-state index is 0.00488. The van der Waals surface area contributed by atoms with Gasteiger partial charge in [-0.3, -0.25) is 24.0 Å². The van der Waals surface area contributed by atoms with Crippen molar-refractivity contribution in [3.05, 3.63) is 107 Å². The molecule has 11 nitrogen and oxygen atoms in total. The zero-order valence-electron chi connectivity index (χ0n) is 37.5. The van der Waals surface area contributed by atoms with Crippen molar-refractivity contribution in [1.82, 2.24) is 25.8 Å². The summed E-state index contributed by atoms with van der Waals surface area (Å²) in [4.78, 5) is 71.7. The van der Waals surface area contributed by atoms with Crippen molar-refractivity contribution < 1.29 is 28.7 Å². The normalized spacial score (nSPS) is 24.8. The molecule has 0 bridgehead atoms. The Balaban J connectivity index is 0.886. The van der Waals surface area contributed by atoms with Gasteiger partial charge in [-0.2, -0.15) is 0 Å². The summed E-state index contributed by atoms with van der Waals surface area (Å²) in [5.74, 6) is -1.83. The van der Waals surface area contributed by atoms with Crippen LogP contribution in [0.2, 0.25) is 0 Å². The van der Waals surface area contributed by atoms with Gasteiger partial charge in [0, 0.05) is 74.8 Å². The van der Waals surface area contributed by atoms with E-state index in [1.807, 2.05) is 36.4 Å². The highest BCUT2D eigenvalue weighted by Crippen LogP contribution is 2.42. The molecule has 5 amide bonds. The number of ether oxygens (including phenoxy) is 1. The van der Waals surface area contributed by atoms with Gasteiger partial charge >= 0.3 is 0 Å². The summed E-state index contributed by atoms with van der Waals surface area (Å²) in [5.41, 5.74) is 3.16. The third kappa shape index (κ3) is 12.6. The smallest absolute Gasteiger partial charge is 0.254 e. The van der Waals surface area contributed by atoms with E-state index in [0.717, 1.165) is 32.1 Å². The van der Waals surface area contributed by atoms with Crippen molar-refractivity contribution in [3.63, 3.8) is 0 Å². The first-order chi connectivity index (χ1) is 30.7. The van der Waals surface area contributed by atoms with Crippen LogP contribution in [0.3, 0.4) is 0 Å². The number of benzene rings is 3. The molecule has 7 rings (SSSR count). The van der Waals surface area contributed by atoms with E-state index < -0.39 is 11.8 Å². The molecule has 8 atom stereocenters. The first-order valence-corrected chi connectivity index (χ1v) is 24.0. The van der Waals surface area contributed by atoms with E-state index >= 15 is 0 Å². The average molecular weight is 860 g/mol. The van der Waals surface area contributed by atoms with Crippen LogP contribution in [-0.4, -0.2) is 96.9 Å². The van der Waals surface area contributed by atoms with Gasteiger partial charge in [-0.25, -0.2) is 0 Å². The van der Waals surface area contributed by atoms with Crippen LogP contribution in [0, 0.1) is 11.8 Å². The topological polar surface area (TPSA) is 137 Å². The average Bonchev–Trinajstić information content (AvgIpc) is 4.16. The number of likely N-dealkylation sites (tertiary alicyclic amines) is 2. The van der Waals surface area contributed by atoms with Gasteiger partial charge in [0.2, 0.25) is 17.7 Å². The number of nitrogens with one attached hydrogen (secondary N) is 3. The van der Waals surface area contributed by atoms with E-state index in [1.165, 1.54) is 68.9 Å². The third-order valence-electron chi connectivity index (χ3n) is 13.8. The molecule has 4 aliphatic rings. The van der Waals surface area contributed by atoms with Gasteiger partial charge in [0.15, 0.2) is 0 Å². The maximum absolute atomic E-state index is 14.0. The highest BCUT2D eigenvalue weighted by molar-refractivity contribution is 5.99. The summed E-state index contributed by atoms with van der Waals surface area (Å²) in [6.45, 7) is 3.18. The SMILES string of the molecule is CCCCCCCCCCCCCCC(=O)N[C@H]1CN(C(=O)c2ccc(C(=O)N3C[C@@H](C(=O)N[C@H]4C[C@@H]4c4ccccc4)[C@H](C(=O)N[C@H]4C[C@@H]4c4ccccc4)C3)cc2)C[C@@H]1OC. The van der Waals surface area contributed by atoms with Crippen molar-refractivity contribution in [1.29, 1.82) is 0 Å². The Bertz CT molecular complexity index is 1900. The molecule has 0 spiro atoms. The molecule has 4 fully saturated rings. The van der Waals surface area contributed by atoms with Crippen LogP contribution in [-0.2, 0) is 19.1 Å². The van der Waals surface area contributed by atoms with Gasteiger partial charge in [-0.05, 0) is 54.7 Å². The molecule has 2 aliphatic heterocycles. The molecule has 0 radical (unpaired) electrons. The van der Waals surface area contributed by atoms with Crippen molar-refractivity contribution in [3.8, 4) is 0 Å². The van der Waals surface area contributed by atoms with E-state index in [4.69, 9.17) is 4.74 Å². The van der Waals surface area contributed by atoms with Crippen molar-refractivity contribution in [2.75, 3.05) is 33.3 Å². The molecule has 2 heterocycles. The summed E-state index contributed by atoms with van der Waals surface area (Å²) >= 11 is 0. The second kappa shape index (κ2) is 22.5. The number of amides is 5. The Morgan fingerprint density at radius 1 is 0.524 bits per heavy atom. The number of rotatable bonds is 23. The summed E-state index contributed by atoms with van der Waals surface area (Å²) in [5, 5.41) is 9.50. The van der Waals surface area contributed by atoms with Crippen LogP contribution < -0.4 is 16.0 Å². The lowest BCUT2D eigenvalue weighted by Gasteiger charge is -2.18. The highest BCUT2D eigenvalue weighted by atomic mass is 16.5. The van der Waals surface area contributed by atoms with Gasteiger partial charge in [0.25, 0.3) is 11.8 Å². The quantitative estimate of drug-likeness (QED) is 0.0835. The van der Waals surface area contributed by atoms with Crippen LogP contribution in [0.1, 0.15) is 147 Å². The summed E-state index contributed by atoms with van der Waals surface area (Å²) < 4.78 is 5.70. The lowest BCUT2D eigenvalue weighted by atomic mass is 9.94. The molecule has 2 saturated heterocycles. The molecule has 2 aliphatic carbocycles. The van der Waals surface area contributed by atoms with E-state index in [1.54, 1.807) is 41.2 Å². The summed E-state index contributed by atoms with van der Waals surface area (Å²) in [7, 11) is 1.60. The monoisotopic (exact) mass is 860 g/mol. The first kappa shape index (κ1) is 46.0. The highest BCUT2D eigenvalue weighted by Gasteiger charge is 2.49. The van der Waals surface area contributed by atoms with Crippen LogP contribution in [0.15, 0.2) is 84.9 Å².